The molecule has 0 spiro atoms. The molecule has 0 radical (unpaired) electrons. The Bertz CT molecular complexity index is 681. The summed E-state index contributed by atoms with van der Waals surface area (Å²) >= 11 is 0. The third-order valence-electron chi connectivity index (χ3n) is 3.51. The number of likely N-dealkylation sites (tertiary alicyclic amines) is 1. The molecular weight excluding hydrogens is 262 g/mol. The van der Waals surface area contributed by atoms with E-state index in [1.165, 1.54) is 4.90 Å². The lowest BCUT2D eigenvalue weighted by molar-refractivity contribution is -0.141. The fourth-order valence-electron chi connectivity index (χ4n) is 2.51. The minimum atomic E-state index is -1.10. The van der Waals surface area contributed by atoms with Crippen LogP contribution in [0.3, 0.4) is 0 Å². The monoisotopic (exact) mass is 275 g/mol. The number of hydrogen-bond donors (Lipinski definition) is 3. The fourth-order valence-corrected chi connectivity index (χ4v) is 2.51. The number of nitrogens with one attached hydrogen (secondary N) is 1. The lowest BCUT2D eigenvalue weighted by Gasteiger charge is -2.21. The van der Waals surface area contributed by atoms with Crippen LogP contribution in [0, 0.1) is 0 Å². The normalized spacial score (nSPS) is 22.4. The standard InChI is InChI=1S/C13H13N3O4/c17-9-4-11(13(19)20)16(6-9)12(18)7-1-2-8-5-14-15-10(8)3-7/h1-3,5,9,11,17H,4,6H2,(H,14,15)(H,19,20)/t9?,11-/m0/s1. The van der Waals surface area contributed by atoms with Crippen molar-refractivity contribution in [2.45, 2.75) is 18.6 Å². The van der Waals surface area contributed by atoms with Gasteiger partial charge >= 0.3 is 5.97 Å². The molecule has 3 N–H and O–H groups in total. The lowest BCUT2D eigenvalue weighted by atomic mass is 10.1. The van der Waals surface area contributed by atoms with Gasteiger partial charge in [0.05, 0.1) is 17.8 Å². The van der Waals surface area contributed by atoms with Crippen LogP contribution in [0.25, 0.3) is 10.9 Å². The molecule has 1 aliphatic heterocycles. The van der Waals surface area contributed by atoms with Crippen molar-refractivity contribution in [1.29, 1.82) is 0 Å². The zero-order chi connectivity index (χ0) is 14.3. The largest absolute Gasteiger partial charge is 0.480 e. The number of aliphatic hydroxyl groups excluding tert-OH is 1. The number of β-amino-alcohol motifs (C(OH)–C–C–N with tert-alkyl or cyclic N) is 1. The van der Waals surface area contributed by atoms with Gasteiger partial charge in [-0.05, 0) is 12.1 Å². The molecule has 1 amide bonds. The van der Waals surface area contributed by atoms with Gasteiger partial charge in [0.1, 0.15) is 6.04 Å². The topological polar surface area (TPSA) is 107 Å². The van der Waals surface area contributed by atoms with Crippen molar-refractivity contribution in [1.82, 2.24) is 15.1 Å². The van der Waals surface area contributed by atoms with Crippen molar-refractivity contribution < 1.29 is 19.8 Å². The zero-order valence-corrected chi connectivity index (χ0v) is 10.5. The van der Waals surface area contributed by atoms with Gasteiger partial charge in [0, 0.05) is 23.9 Å². The Labute approximate surface area is 113 Å². The van der Waals surface area contributed by atoms with Crippen molar-refractivity contribution in [3.63, 3.8) is 0 Å². The molecule has 20 heavy (non-hydrogen) atoms. The Balaban J connectivity index is 1.92. The summed E-state index contributed by atoms with van der Waals surface area (Å²) in [4.78, 5) is 24.7. The molecule has 0 saturated carbocycles. The molecule has 7 nitrogen and oxygen atoms in total. The van der Waals surface area contributed by atoms with Crippen LogP contribution in [0.15, 0.2) is 24.4 Å². The van der Waals surface area contributed by atoms with Gasteiger partial charge in [-0.15, -0.1) is 0 Å². The first-order chi connectivity index (χ1) is 9.56. The van der Waals surface area contributed by atoms with Crippen LogP contribution < -0.4 is 0 Å². The Morgan fingerprint density at radius 1 is 1.40 bits per heavy atom. The number of amides is 1. The van der Waals surface area contributed by atoms with Gasteiger partial charge in [0.25, 0.3) is 5.91 Å². The highest BCUT2D eigenvalue weighted by atomic mass is 16.4. The summed E-state index contributed by atoms with van der Waals surface area (Å²) in [6, 6.07) is 4.03. The Morgan fingerprint density at radius 2 is 2.20 bits per heavy atom. The second-order valence-corrected chi connectivity index (χ2v) is 4.87. The number of carboxylic acids is 1. The highest BCUT2D eigenvalue weighted by Gasteiger charge is 2.39. The molecule has 0 bridgehead atoms. The van der Waals surface area contributed by atoms with Gasteiger partial charge in [-0.2, -0.15) is 5.10 Å². The molecule has 104 valence electrons. The molecule has 1 fully saturated rings. The first-order valence-corrected chi connectivity index (χ1v) is 6.21. The van der Waals surface area contributed by atoms with E-state index in [0.29, 0.717) is 11.1 Å². The minimum absolute atomic E-state index is 0.0385. The number of aromatic amines is 1. The zero-order valence-electron chi connectivity index (χ0n) is 10.5. The molecule has 1 saturated heterocycles. The van der Waals surface area contributed by atoms with Crippen LogP contribution in [0.5, 0.6) is 0 Å². The average Bonchev–Trinajstić information content (AvgIpc) is 3.02. The summed E-state index contributed by atoms with van der Waals surface area (Å²) in [6.07, 6.45) is 0.910. The maximum atomic E-state index is 12.4. The third-order valence-corrected chi connectivity index (χ3v) is 3.51. The van der Waals surface area contributed by atoms with Gasteiger partial charge in [-0.3, -0.25) is 9.89 Å². The molecule has 7 heteroatoms. The summed E-state index contributed by atoms with van der Waals surface area (Å²) in [6.45, 7) is 0.0385. The van der Waals surface area contributed by atoms with Crippen LogP contribution in [0.2, 0.25) is 0 Å². The van der Waals surface area contributed by atoms with E-state index >= 15 is 0 Å². The summed E-state index contributed by atoms with van der Waals surface area (Å²) < 4.78 is 0. The van der Waals surface area contributed by atoms with E-state index in [2.05, 4.69) is 10.2 Å². The minimum Gasteiger partial charge on any atom is -0.480 e. The number of carboxylic acid groups (broad SMARTS) is 1. The number of benzene rings is 1. The number of nitrogens with zero attached hydrogens (tertiary/aromatic N) is 2. The first kappa shape index (κ1) is 12.6. The van der Waals surface area contributed by atoms with E-state index in [0.717, 1.165) is 5.39 Å². The van der Waals surface area contributed by atoms with Crippen LogP contribution >= 0.6 is 0 Å². The van der Waals surface area contributed by atoms with Crippen molar-refractivity contribution >= 4 is 22.8 Å². The molecule has 1 aromatic heterocycles. The SMILES string of the molecule is O=C(O)[C@@H]1CC(O)CN1C(=O)c1ccc2cn[nH]c2c1. The van der Waals surface area contributed by atoms with Gasteiger partial charge in [-0.1, -0.05) is 6.07 Å². The first-order valence-electron chi connectivity index (χ1n) is 6.21. The molecule has 3 rings (SSSR count). The van der Waals surface area contributed by atoms with E-state index in [9.17, 15) is 14.7 Å². The Hall–Kier alpha value is -2.41. The summed E-state index contributed by atoms with van der Waals surface area (Å²) in [5, 5.41) is 26.2. The highest BCUT2D eigenvalue weighted by Crippen LogP contribution is 2.22. The van der Waals surface area contributed by atoms with Crippen molar-refractivity contribution in [3.8, 4) is 0 Å². The van der Waals surface area contributed by atoms with Crippen LogP contribution in [0.1, 0.15) is 16.8 Å². The smallest absolute Gasteiger partial charge is 0.326 e. The highest BCUT2D eigenvalue weighted by molar-refractivity contribution is 5.99. The van der Waals surface area contributed by atoms with Crippen molar-refractivity contribution in [2.75, 3.05) is 6.54 Å². The number of aliphatic carboxylic acids is 1. The molecule has 2 aromatic rings. The number of fused-ring (bicyclic) bond motifs is 1. The Kier molecular flexibility index (Phi) is 2.90. The second-order valence-electron chi connectivity index (χ2n) is 4.87. The predicted molar refractivity (Wildman–Crippen MR) is 69.2 cm³/mol. The number of carbonyl (C=O) groups excluding carboxylic acids is 1. The number of carbonyl (C=O) groups is 2. The number of aliphatic hydroxyl groups is 1. The van der Waals surface area contributed by atoms with Crippen LogP contribution in [-0.4, -0.2) is 55.9 Å². The third kappa shape index (κ3) is 2.01. The predicted octanol–water partition coefficient (Wildman–Crippen LogP) is 0.223. The number of H-pyrrole nitrogens is 1. The van der Waals surface area contributed by atoms with Gasteiger partial charge in [0.15, 0.2) is 0 Å². The fraction of sp³-hybridized carbons (Fsp3) is 0.308. The van der Waals surface area contributed by atoms with E-state index in [1.807, 2.05) is 0 Å². The number of hydrogen-bond acceptors (Lipinski definition) is 4. The molecule has 1 unspecified atom stereocenters. The van der Waals surface area contributed by atoms with E-state index in [1.54, 1.807) is 24.4 Å². The molecule has 2 heterocycles. The number of rotatable bonds is 2. The summed E-state index contributed by atoms with van der Waals surface area (Å²) in [5.74, 6) is -1.50. The van der Waals surface area contributed by atoms with Gasteiger partial charge < -0.3 is 15.1 Å². The quantitative estimate of drug-likeness (QED) is 0.727. The second kappa shape index (κ2) is 4.61. The van der Waals surface area contributed by atoms with Crippen molar-refractivity contribution in [2.24, 2.45) is 0 Å². The number of aromatic nitrogens is 2. The summed E-state index contributed by atoms with van der Waals surface area (Å²) in [5.41, 5.74) is 1.09. The summed E-state index contributed by atoms with van der Waals surface area (Å²) in [7, 11) is 0. The van der Waals surface area contributed by atoms with Crippen molar-refractivity contribution in [3.05, 3.63) is 30.0 Å². The average molecular weight is 275 g/mol. The Morgan fingerprint density at radius 3 is 2.95 bits per heavy atom. The molecule has 1 aliphatic rings. The molecule has 0 aliphatic carbocycles. The van der Waals surface area contributed by atoms with Gasteiger partial charge in [0.2, 0.25) is 0 Å². The maximum absolute atomic E-state index is 12.4. The van der Waals surface area contributed by atoms with E-state index in [4.69, 9.17) is 5.11 Å². The van der Waals surface area contributed by atoms with E-state index < -0.39 is 24.0 Å². The molecule has 2 atom stereocenters. The molecular formula is C13H13N3O4. The van der Waals surface area contributed by atoms with Crippen LogP contribution in [0.4, 0.5) is 0 Å². The lowest BCUT2D eigenvalue weighted by Crippen LogP contribution is -2.40. The van der Waals surface area contributed by atoms with Crippen LogP contribution in [-0.2, 0) is 4.79 Å². The van der Waals surface area contributed by atoms with Gasteiger partial charge in [-0.25, -0.2) is 4.79 Å². The van der Waals surface area contributed by atoms with E-state index in [-0.39, 0.29) is 13.0 Å². The maximum Gasteiger partial charge on any atom is 0.326 e. The molecule has 1 aromatic carbocycles.